The van der Waals surface area contributed by atoms with Crippen LogP contribution in [0.25, 0.3) is 0 Å². The highest BCUT2D eigenvalue weighted by molar-refractivity contribution is 6.13. The molecular formula is C17H21N3O. The van der Waals surface area contributed by atoms with E-state index < -0.39 is 0 Å². The molecule has 0 amide bonds. The van der Waals surface area contributed by atoms with Gasteiger partial charge < -0.3 is 10.1 Å². The van der Waals surface area contributed by atoms with Crippen molar-refractivity contribution in [2.75, 3.05) is 11.9 Å². The fraction of sp³-hybridized carbons (Fsp3) is 0.294. The number of anilines is 1. The highest BCUT2D eigenvalue weighted by Crippen LogP contribution is 2.20. The van der Waals surface area contributed by atoms with Gasteiger partial charge in [0.2, 0.25) is 0 Å². The van der Waals surface area contributed by atoms with Gasteiger partial charge in [-0.25, -0.2) is 4.98 Å². The van der Waals surface area contributed by atoms with Crippen LogP contribution in [0.4, 0.5) is 5.82 Å². The van der Waals surface area contributed by atoms with Crippen molar-refractivity contribution in [3.63, 3.8) is 0 Å². The molecule has 4 nitrogen and oxygen atoms in total. The maximum atomic E-state index is 8.45. The number of rotatable bonds is 6. The van der Waals surface area contributed by atoms with E-state index in [0.717, 1.165) is 22.7 Å². The number of pyridine rings is 1. The summed E-state index contributed by atoms with van der Waals surface area (Å²) in [5.74, 6) is 1.52. The van der Waals surface area contributed by atoms with E-state index in [1.807, 2.05) is 43.3 Å². The second kappa shape index (κ2) is 6.88. The van der Waals surface area contributed by atoms with Crippen LogP contribution in [0.5, 0.6) is 5.75 Å². The number of ether oxygens (including phenoxy) is 1. The zero-order valence-electron chi connectivity index (χ0n) is 12.7. The monoisotopic (exact) mass is 283 g/mol. The van der Waals surface area contributed by atoms with E-state index in [-0.39, 0.29) is 6.04 Å². The molecule has 2 rings (SSSR count). The van der Waals surface area contributed by atoms with Crippen LogP contribution in [0, 0.1) is 5.41 Å². The van der Waals surface area contributed by atoms with E-state index in [9.17, 15) is 0 Å². The molecule has 0 radical (unpaired) electrons. The van der Waals surface area contributed by atoms with Crippen molar-refractivity contribution in [1.29, 1.82) is 5.41 Å². The third kappa shape index (κ3) is 3.81. The summed E-state index contributed by atoms with van der Waals surface area (Å²) in [7, 11) is 0. The van der Waals surface area contributed by atoms with Gasteiger partial charge in [-0.05, 0) is 45.0 Å². The van der Waals surface area contributed by atoms with Gasteiger partial charge in [-0.1, -0.05) is 12.1 Å². The smallest absolute Gasteiger partial charge is 0.135 e. The van der Waals surface area contributed by atoms with E-state index in [4.69, 9.17) is 10.1 Å². The molecule has 0 bridgehead atoms. The molecule has 0 fully saturated rings. The summed E-state index contributed by atoms with van der Waals surface area (Å²) in [6.45, 7) is 6.67. The summed E-state index contributed by atoms with van der Waals surface area (Å²) in [6.07, 6.45) is 1.73. The molecule has 0 aliphatic rings. The number of nitrogens with one attached hydrogen (secondary N) is 2. The third-order valence-corrected chi connectivity index (χ3v) is 2.94. The average Bonchev–Trinajstić information content (AvgIpc) is 2.47. The van der Waals surface area contributed by atoms with E-state index in [2.05, 4.69) is 24.1 Å². The SMILES string of the molecule is CCOc1cccc(C(=N)c2cccnc2NC(C)C)c1. The highest BCUT2D eigenvalue weighted by atomic mass is 16.5. The minimum absolute atomic E-state index is 0.265. The van der Waals surface area contributed by atoms with Crippen LogP contribution < -0.4 is 10.1 Å². The molecule has 110 valence electrons. The largest absolute Gasteiger partial charge is 0.494 e. The van der Waals surface area contributed by atoms with Gasteiger partial charge >= 0.3 is 0 Å². The van der Waals surface area contributed by atoms with E-state index in [1.165, 1.54) is 0 Å². The van der Waals surface area contributed by atoms with Crippen LogP contribution in [-0.4, -0.2) is 23.3 Å². The van der Waals surface area contributed by atoms with Crippen molar-refractivity contribution in [2.24, 2.45) is 0 Å². The lowest BCUT2D eigenvalue weighted by molar-refractivity contribution is 0.340. The average molecular weight is 283 g/mol. The molecule has 0 atom stereocenters. The molecule has 4 heteroatoms. The summed E-state index contributed by atoms with van der Waals surface area (Å²) in [5.41, 5.74) is 2.05. The predicted octanol–water partition coefficient (Wildman–Crippen LogP) is 3.72. The summed E-state index contributed by atoms with van der Waals surface area (Å²) in [6, 6.07) is 11.6. The molecule has 1 heterocycles. The Morgan fingerprint density at radius 3 is 2.81 bits per heavy atom. The number of hydrogen-bond donors (Lipinski definition) is 2. The molecule has 0 aliphatic heterocycles. The Morgan fingerprint density at radius 2 is 2.10 bits per heavy atom. The molecule has 1 aromatic heterocycles. The fourth-order valence-electron chi connectivity index (χ4n) is 2.06. The molecule has 1 aromatic carbocycles. The molecule has 2 N–H and O–H groups in total. The van der Waals surface area contributed by atoms with Crippen molar-refractivity contribution < 1.29 is 4.74 Å². The fourth-order valence-corrected chi connectivity index (χ4v) is 2.06. The first-order valence-electron chi connectivity index (χ1n) is 7.15. The second-order valence-electron chi connectivity index (χ2n) is 5.03. The molecule has 0 unspecified atom stereocenters. The van der Waals surface area contributed by atoms with E-state index in [1.54, 1.807) is 6.20 Å². The minimum atomic E-state index is 0.265. The first-order chi connectivity index (χ1) is 10.1. The van der Waals surface area contributed by atoms with Gasteiger partial charge in [-0.2, -0.15) is 0 Å². The summed E-state index contributed by atoms with van der Waals surface area (Å²) < 4.78 is 5.50. The summed E-state index contributed by atoms with van der Waals surface area (Å²) >= 11 is 0. The zero-order valence-corrected chi connectivity index (χ0v) is 12.7. The van der Waals surface area contributed by atoms with Crippen LogP contribution >= 0.6 is 0 Å². The lowest BCUT2D eigenvalue weighted by Crippen LogP contribution is -2.15. The topological polar surface area (TPSA) is 58.0 Å². The van der Waals surface area contributed by atoms with Crippen molar-refractivity contribution >= 4 is 11.5 Å². The number of hydrogen-bond acceptors (Lipinski definition) is 4. The lowest BCUT2D eigenvalue weighted by Gasteiger charge is -2.14. The molecular weight excluding hydrogens is 262 g/mol. The quantitative estimate of drug-likeness (QED) is 0.794. The third-order valence-electron chi connectivity index (χ3n) is 2.94. The van der Waals surface area contributed by atoms with Crippen molar-refractivity contribution in [1.82, 2.24) is 4.98 Å². The number of aromatic nitrogens is 1. The van der Waals surface area contributed by atoms with Crippen LogP contribution in [0.15, 0.2) is 42.6 Å². The Kier molecular flexibility index (Phi) is 4.93. The molecule has 2 aromatic rings. The van der Waals surface area contributed by atoms with Crippen LogP contribution in [-0.2, 0) is 0 Å². The zero-order chi connectivity index (χ0) is 15.2. The van der Waals surface area contributed by atoms with E-state index >= 15 is 0 Å². The van der Waals surface area contributed by atoms with Gasteiger partial charge in [-0.15, -0.1) is 0 Å². The Morgan fingerprint density at radius 1 is 1.29 bits per heavy atom. The summed E-state index contributed by atoms with van der Waals surface area (Å²) in [5, 5.41) is 11.7. The Hall–Kier alpha value is -2.36. The molecule has 21 heavy (non-hydrogen) atoms. The second-order valence-corrected chi connectivity index (χ2v) is 5.03. The van der Waals surface area contributed by atoms with Crippen LogP contribution in [0.2, 0.25) is 0 Å². The van der Waals surface area contributed by atoms with Gasteiger partial charge in [0.1, 0.15) is 11.6 Å². The maximum absolute atomic E-state index is 8.45. The van der Waals surface area contributed by atoms with Crippen LogP contribution in [0.1, 0.15) is 31.9 Å². The van der Waals surface area contributed by atoms with Gasteiger partial charge in [0, 0.05) is 23.4 Å². The van der Waals surface area contributed by atoms with Crippen LogP contribution in [0.3, 0.4) is 0 Å². The molecule has 0 saturated heterocycles. The molecule has 0 spiro atoms. The van der Waals surface area contributed by atoms with Crippen molar-refractivity contribution in [3.8, 4) is 5.75 Å². The predicted molar refractivity (Wildman–Crippen MR) is 86.5 cm³/mol. The van der Waals surface area contributed by atoms with Crippen molar-refractivity contribution in [2.45, 2.75) is 26.8 Å². The Bertz CT molecular complexity index is 623. The lowest BCUT2D eigenvalue weighted by atomic mass is 10.0. The van der Waals surface area contributed by atoms with E-state index in [0.29, 0.717) is 12.3 Å². The van der Waals surface area contributed by atoms with Crippen molar-refractivity contribution in [3.05, 3.63) is 53.7 Å². The number of nitrogens with zero attached hydrogens (tertiary/aromatic N) is 1. The van der Waals surface area contributed by atoms with Gasteiger partial charge in [0.05, 0.1) is 12.3 Å². The van der Waals surface area contributed by atoms with Gasteiger partial charge in [-0.3, -0.25) is 5.41 Å². The summed E-state index contributed by atoms with van der Waals surface area (Å²) in [4.78, 5) is 4.34. The Labute approximate surface area is 125 Å². The first kappa shape index (κ1) is 15.0. The maximum Gasteiger partial charge on any atom is 0.135 e. The van der Waals surface area contributed by atoms with Gasteiger partial charge in [0.15, 0.2) is 0 Å². The minimum Gasteiger partial charge on any atom is -0.494 e. The highest BCUT2D eigenvalue weighted by Gasteiger charge is 2.12. The molecule has 0 saturated carbocycles. The number of benzene rings is 1. The normalized spacial score (nSPS) is 10.5. The Balaban J connectivity index is 2.33. The molecule has 0 aliphatic carbocycles. The van der Waals surface area contributed by atoms with Gasteiger partial charge in [0.25, 0.3) is 0 Å². The standard InChI is InChI=1S/C17H21N3O/c1-4-21-14-8-5-7-13(11-14)16(18)15-9-6-10-19-17(15)20-12(2)3/h5-12,18H,4H2,1-3H3,(H,19,20). The first-order valence-corrected chi connectivity index (χ1v) is 7.15.